The van der Waals surface area contributed by atoms with Gasteiger partial charge in [0.1, 0.15) is 35.1 Å². The number of hydrogen-bond acceptors (Lipinski definition) is 5. The maximum atomic E-state index is 13.7. The van der Waals surface area contributed by atoms with Crippen molar-refractivity contribution in [1.29, 1.82) is 0 Å². The fraction of sp³-hybridized carbons (Fsp3) is 0.227. The SMILES string of the molecule is C=C1/C(=C\C=C(/C)Oc2ccncn2)OC2(C)[C@@H](NC(=O)Nc3ccc(F)cc3F)[C@H]12. The van der Waals surface area contributed by atoms with Crippen LogP contribution in [-0.4, -0.2) is 27.6 Å². The van der Waals surface area contributed by atoms with Gasteiger partial charge in [0.05, 0.1) is 17.6 Å². The van der Waals surface area contributed by atoms with E-state index in [0.29, 0.717) is 23.5 Å². The molecule has 0 radical (unpaired) electrons. The Morgan fingerprint density at radius 2 is 2.16 bits per heavy atom. The molecule has 1 aromatic heterocycles. The lowest BCUT2D eigenvalue weighted by atomic mass is 10.1. The summed E-state index contributed by atoms with van der Waals surface area (Å²) in [5, 5.41) is 5.13. The normalized spacial score (nSPS) is 25.6. The molecular formula is C22H20F2N4O3. The van der Waals surface area contributed by atoms with Gasteiger partial charge in [-0.15, -0.1) is 0 Å². The van der Waals surface area contributed by atoms with Crippen LogP contribution in [0.2, 0.25) is 0 Å². The van der Waals surface area contributed by atoms with Crippen LogP contribution >= 0.6 is 0 Å². The number of allylic oxidation sites excluding steroid dienone is 4. The molecule has 4 rings (SSSR count). The molecular weight excluding hydrogens is 406 g/mol. The highest BCUT2D eigenvalue weighted by Gasteiger charge is 2.70. The van der Waals surface area contributed by atoms with E-state index in [1.165, 1.54) is 6.33 Å². The van der Waals surface area contributed by atoms with E-state index in [9.17, 15) is 13.6 Å². The molecule has 3 atom stereocenters. The first kappa shape index (κ1) is 20.5. The summed E-state index contributed by atoms with van der Waals surface area (Å²) in [6.07, 6.45) is 6.47. The Kier molecular flexibility index (Phi) is 5.18. The molecule has 1 saturated heterocycles. The number of fused-ring (bicyclic) bond motifs is 1. The summed E-state index contributed by atoms with van der Waals surface area (Å²) >= 11 is 0. The van der Waals surface area contributed by atoms with Gasteiger partial charge in [-0.2, -0.15) is 0 Å². The van der Waals surface area contributed by atoms with E-state index in [-0.39, 0.29) is 17.6 Å². The molecule has 1 aliphatic heterocycles. The molecule has 0 bridgehead atoms. The van der Waals surface area contributed by atoms with Crippen LogP contribution in [0.3, 0.4) is 0 Å². The summed E-state index contributed by atoms with van der Waals surface area (Å²) in [5.74, 6) is -0.0575. The van der Waals surface area contributed by atoms with Crippen LogP contribution in [0.1, 0.15) is 13.8 Å². The number of hydrogen-bond donors (Lipinski definition) is 2. The number of aromatic nitrogens is 2. The molecule has 1 aromatic carbocycles. The zero-order valence-electron chi connectivity index (χ0n) is 16.9. The number of carbonyl (C=O) groups is 1. The fourth-order valence-corrected chi connectivity index (χ4v) is 3.61. The number of urea groups is 1. The van der Waals surface area contributed by atoms with Gasteiger partial charge >= 0.3 is 6.03 Å². The monoisotopic (exact) mass is 426 g/mol. The van der Waals surface area contributed by atoms with Crippen molar-refractivity contribution in [3.05, 3.63) is 84.2 Å². The molecule has 7 nitrogen and oxygen atoms in total. The molecule has 2 aromatic rings. The first-order valence-electron chi connectivity index (χ1n) is 9.51. The lowest BCUT2D eigenvalue weighted by Crippen LogP contribution is -2.36. The van der Waals surface area contributed by atoms with Crippen molar-refractivity contribution in [2.75, 3.05) is 5.32 Å². The summed E-state index contributed by atoms with van der Waals surface area (Å²) in [4.78, 5) is 20.0. The topological polar surface area (TPSA) is 85.4 Å². The smallest absolute Gasteiger partial charge is 0.319 e. The molecule has 0 spiro atoms. The third-order valence-corrected chi connectivity index (χ3v) is 5.24. The van der Waals surface area contributed by atoms with Gasteiger partial charge in [-0.25, -0.2) is 23.5 Å². The Balaban J connectivity index is 1.35. The maximum Gasteiger partial charge on any atom is 0.319 e. The van der Waals surface area contributed by atoms with Gasteiger partial charge < -0.3 is 20.1 Å². The Bertz CT molecular complexity index is 1100. The second kappa shape index (κ2) is 7.82. The Hall–Kier alpha value is -3.75. The van der Waals surface area contributed by atoms with Gasteiger partial charge in [-0.3, -0.25) is 0 Å². The third kappa shape index (κ3) is 4.11. The standard InChI is InChI=1S/C22H20F2N4O3/c1-12(30-18-8-9-25-11-26-18)4-7-17-13(2)19-20(22(19,3)31-17)28-21(29)27-16-6-5-14(23)10-15(16)24/h4-11,19-20H,2H2,1,3H3,(H2,27,28,29)/b12-4+,17-7+/t19-,20-,22?/m0/s1. The summed E-state index contributed by atoms with van der Waals surface area (Å²) in [6.45, 7) is 7.72. The van der Waals surface area contributed by atoms with E-state index in [0.717, 1.165) is 17.7 Å². The van der Waals surface area contributed by atoms with E-state index >= 15 is 0 Å². The van der Waals surface area contributed by atoms with Crippen molar-refractivity contribution in [1.82, 2.24) is 15.3 Å². The molecule has 31 heavy (non-hydrogen) atoms. The Labute approximate surface area is 177 Å². The highest BCUT2D eigenvalue weighted by atomic mass is 19.1. The molecule has 160 valence electrons. The molecule has 2 fully saturated rings. The highest BCUT2D eigenvalue weighted by Crippen LogP contribution is 2.59. The number of rotatable bonds is 5. The van der Waals surface area contributed by atoms with Crippen molar-refractivity contribution in [3.8, 4) is 5.88 Å². The van der Waals surface area contributed by atoms with Crippen LogP contribution in [0.15, 0.2) is 72.6 Å². The number of amides is 2. The van der Waals surface area contributed by atoms with E-state index < -0.39 is 23.3 Å². The zero-order chi connectivity index (χ0) is 22.2. The van der Waals surface area contributed by atoms with Crippen molar-refractivity contribution in [2.45, 2.75) is 25.5 Å². The lowest BCUT2D eigenvalue weighted by Gasteiger charge is -2.16. The predicted octanol–water partition coefficient (Wildman–Crippen LogP) is 4.09. The van der Waals surface area contributed by atoms with E-state index in [1.807, 2.05) is 6.92 Å². The van der Waals surface area contributed by atoms with Gasteiger partial charge in [-0.05, 0) is 43.7 Å². The quantitative estimate of drug-likeness (QED) is 0.704. The van der Waals surface area contributed by atoms with Crippen LogP contribution in [0.4, 0.5) is 19.3 Å². The number of halogens is 2. The number of benzene rings is 1. The second-order valence-electron chi connectivity index (χ2n) is 7.45. The first-order valence-corrected chi connectivity index (χ1v) is 9.51. The summed E-state index contributed by atoms with van der Waals surface area (Å²) < 4.78 is 38.3. The van der Waals surface area contributed by atoms with E-state index in [4.69, 9.17) is 9.47 Å². The van der Waals surface area contributed by atoms with Gasteiger partial charge in [0.15, 0.2) is 0 Å². The number of anilines is 1. The van der Waals surface area contributed by atoms with Gasteiger partial charge in [0.2, 0.25) is 5.88 Å². The Morgan fingerprint density at radius 1 is 1.35 bits per heavy atom. The lowest BCUT2D eigenvalue weighted by molar-refractivity contribution is 0.124. The first-order chi connectivity index (χ1) is 14.8. The number of nitrogens with zero attached hydrogens (tertiary/aromatic N) is 2. The van der Waals surface area contributed by atoms with Crippen LogP contribution in [0.5, 0.6) is 5.88 Å². The third-order valence-electron chi connectivity index (χ3n) is 5.24. The van der Waals surface area contributed by atoms with Gasteiger partial charge in [0.25, 0.3) is 0 Å². The second-order valence-corrected chi connectivity index (χ2v) is 7.45. The number of ether oxygens (including phenoxy) is 2. The molecule has 2 N–H and O–H groups in total. The maximum absolute atomic E-state index is 13.7. The van der Waals surface area contributed by atoms with Crippen molar-refractivity contribution < 1.29 is 23.0 Å². The minimum Gasteiger partial charge on any atom is -0.484 e. The largest absolute Gasteiger partial charge is 0.484 e. The van der Waals surface area contributed by atoms with Crippen LogP contribution in [0.25, 0.3) is 0 Å². The van der Waals surface area contributed by atoms with Gasteiger partial charge in [-0.1, -0.05) is 6.58 Å². The average molecular weight is 426 g/mol. The van der Waals surface area contributed by atoms with E-state index in [2.05, 4.69) is 27.2 Å². The zero-order valence-corrected chi connectivity index (χ0v) is 16.9. The molecule has 9 heteroatoms. The minimum absolute atomic E-state index is 0.112. The summed E-state index contributed by atoms with van der Waals surface area (Å²) in [7, 11) is 0. The summed E-state index contributed by atoms with van der Waals surface area (Å²) in [6, 6.07) is 3.65. The van der Waals surface area contributed by atoms with Crippen molar-refractivity contribution in [2.24, 2.45) is 5.92 Å². The Morgan fingerprint density at radius 3 is 2.81 bits per heavy atom. The van der Waals surface area contributed by atoms with Crippen LogP contribution < -0.4 is 15.4 Å². The van der Waals surface area contributed by atoms with Gasteiger partial charge in [0, 0.05) is 18.3 Å². The predicted molar refractivity (Wildman–Crippen MR) is 109 cm³/mol. The number of carbonyl (C=O) groups excluding carboxylic acids is 1. The van der Waals surface area contributed by atoms with Crippen molar-refractivity contribution >= 4 is 11.7 Å². The molecule has 2 heterocycles. The fourth-order valence-electron chi connectivity index (χ4n) is 3.61. The minimum atomic E-state index is -0.852. The molecule has 2 aliphatic rings. The van der Waals surface area contributed by atoms with Crippen LogP contribution in [-0.2, 0) is 4.74 Å². The van der Waals surface area contributed by atoms with Crippen LogP contribution in [0, 0.1) is 17.6 Å². The molecule has 1 saturated carbocycles. The summed E-state index contributed by atoms with van der Waals surface area (Å²) in [5.41, 5.74) is -0.0111. The highest BCUT2D eigenvalue weighted by molar-refractivity contribution is 5.90. The molecule has 2 amide bonds. The number of nitrogens with one attached hydrogen (secondary N) is 2. The molecule has 1 aliphatic carbocycles. The average Bonchev–Trinajstić information content (AvgIpc) is 3.18. The van der Waals surface area contributed by atoms with E-state index in [1.54, 1.807) is 31.3 Å². The molecule has 1 unspecified atom stereocenters. The van der Waals surface area contributed by atoms with Crippen molar-refractivity contribution in [3.63, 3.8) is 0 Å².